The van der Waals surface area contributed by atoms with Crippen molar-refractivity contribution < 1.29 is 13.9 Å². The lowest BCUT2D eigenvalue weighted by Gasteiger charge is -2.29. The van der Waals surface area contributed by atoms with Crippen LogP contribution in [0, 0.1) is 5.82 Å². The molecule has 0 radical (unpaired) electrons. The second-order valence-corrected chi connectivity index (χ2v) is 5.37. The molecule has 0 spiro atoms. The van der Waals surface area contributed by atoms with Crippen molar-refractivity contribution in [3.63, 3.8) is 0 Å². The van der Waals surface area contributed by atoms with Gasteiger partial charge < -0.3 is 9.64 Å². The third-order valence-corrected chi connectivity index (χ3v) is 3.81. The molecule has 4 heteroatoms. The monoisotopic (exact) mass is 311 g/mol. The molecule has 2 aromatic carbocycles. The second kappa shape index (κ2) is 7.20. The van der Waals surface area contributed by atoms with Crippen molar-refractivity contribution in [2.75, 3.05) is 31.2 Å². The van der Waals surface area contributed by atoms with E-state index in [1.54, 1.807) is 18.2 Å². The summed E-state index contributed by atoms with van der Waals surface area (Å²) >= 11 is 0. The maximum absolute atomic E-state index is 14.3. The van der Waals surface area contributed by atoms with Crippen LogP contribution in [0.25, 0.3) is 6.08 Å². The van der Waals surface area contributed by atoms with Crippen molar-refractivity contribution in [3.05, 3.63) is 71.6 Å². The molecule has 1 aliphatic rings. The molecule has 0 aliphatic carbocycles. The van der Waals surface area contributed by atoms with Crippen LogP contribution in [0.3, 0.4) is 0 Å². The van der Waals surface area contributed by atoms with E-state index in [0.717, 1.165) is 5.56 Å². The zero-order chi connectivity index (χ0) is 16.1. The Labute approximate surface area is 135 Å². The van der Waals surface area contributed by atoms with E-state index >= 15 is 0 Å². The van der Waals surface area contributed by atoms with Crippen LogP contribution in [0.2, 0.25) is 0 Å². The number of ether oxygens (including phenoxy) is 1. The van der Waals surface area contributed by atoms with Crippen LogP contribution in [0.15, 0.2) is 54.6 Å². The lowest BCUT2D eigenvalue weighted by molar-refractivity contribution is 0.104. The number of anilines is 1. The largest absolute Gasteiger partial charge is 0.378 e. The summed E-state index contributed by atoms with van der Waals surface area (Å²) in [5.41, 5.74) is 1.81. The molecular weight excluding hydrogens is 293 g/mol. The maximum Gasteiger partial charge on any atom is 0.185 e. The quantitative estimate of drug-likeness (QED) is 0.639. The molecule has 0 atom stereocenters. The first-order valence-electron chi connectivity index (χ1n) is 7.64. The normalized spacial score (nSPS) is 15.1. The van der Waals surface area contributed by atoms with Crippen LogP contribution in [-0.2, 0) is 4.74 Å². The summed E-state index contributed by atoms with van der Waals surface area (Å²) in [4.78, 5) is 14.1. The Morgan fingerprint density at radius 1 is 1.09 bits per heavy atom. The van der Waals surface area contributed by atoms with Crippen molar-refractivity contribution >= 4 is 17.5 Å². The van der Waals surface area contributed by atoms with Crippen molar-refractivity contribution in [1.29, 1.82) is 0 Å². The smallest absolute Gasteiger partial charge is 0.185 e. The van der Waals surface area contributed by atoms with E-state index in [2.05, 4.69) is 0 Å². The minimum Gasteiger partial charge on any atom is -0.378 e. The molecule has 1 aliphatic heterocycles. The predicted octanol–water partition coefficient (Wildman–Crippen LogP) is 3.56. The van der Waals surface area contributed by atoms with Gasteiger partial charge >= 0.3 is 0 Å². The lowest BCUT2D eigenvalue weighted by Crippen LogP contribution is -2.36. The molecule has 0 bridgehead atoms. The van der Waals surface area contributed by atoms with Gasteiger partial charge in [0.15, 0.2) is 5.78 Å². The summed E-state index contributed by atoms with van der Waals surface area (Å²) in [6.45, 7) is 2.52. The summed E-state index contributed by atoms with van der Waals surface area (Å²) in [6.07, 6.45) is 3.20. The first-order valence-corrected chi connectivity index (χ1v) is 7.64. The number of halogens is 1. The molecule has 0 aromatic heterocycles. The van der Waals surface area contributed by atoms with Gasteiger partial charge in [-0.25, -0.2) is 4.39 Å². The Bertz CT molecular complexity index is 707. The van der Waals surface area contributed by atoms with E-state index in [1.807, 2.05) is 35.2 Å². The van der Waals surface area contributed by atoms with Crippen LogP contribution >= 0.6 is 0 Å². The van der Waals surface area contributed by atoms with E-state index in [1.165, 1.54) is 12.1 Å². The van der Waals surface area contributed by atoms with Crippen LogP contribution in [0.4, 0.5) is 10.1 Å². The number of rotatable bonds is 4. The Hall–Kier alpha value is -2.46. The van der Waals surface area contributed by atoms with Gasteiger partial charge in [-0.15, -0.1) is 0 Å². The average molecular weight is 311 g/mol. The number of benzene rings is 2. The highest BCUT2D eigenvalue weighted by Gasteiger charge is 2.16. The van der Waals surface area contributed by atoms with E-state index in [9.17, 15) is 9.18 Å². The number of carbonyl (C=O) groups is 1. The van der Waals surface area contributed by atoms with Gasteiger partial charge in [-0.2, -0.15) is 0 Å². The summed E-state index contributed by atoms with van der Waals surface area (Å²) < 4.78 is 19.6. The molecule has 118 valence electrons. The molecule has 23 heavy (non-hydrogen) atoms. The van der Waals surface area contributed by atoms with Crippen molar-refractivity contribution in [3.8, 4) is 0 Å². The van der Waals surface area contributed by atoms with E-state index in [4.69, 9.17) is 4.74 Å². The molecule has 0 saturated carbocycles. The number of hydrogen-bond donors (Lipinski definition) is 0. The number of allylic oxidation sites excluding steroid dienone is 1. The van der Waals surface area contributed by atoms with Gasteiger partial charge in [0.1, 0.15) is 5.82 Å². The highest BCUT2D eigenvalue weighted by Crippen LogP contribution is 2.22. The fourth-order valence-corrected chi connectivity index (χ4v) is 2.55. The van der Waals surface area contributed by atoms with Gasteiger partial charge in [-0.05, 0) is 29.8 Å². The maximum atomic E-state index is 14.3. The van der Waals surface area contributed by atoms with Crippen molar-refractivity contribution in [1.82, 2.24) is 0 Å². The van der Waals surface area contributed by atoms with Crippen LogP contribution in [0.1, 0.15) is 15.9 Å². The van der Waals surface area contributed by atoms with Crippen LogP contribution in [-0.4, -0.2) is 32.1 Å². The summed E-state index contributed by atoms with van der Waals surface area (Å²) in [6, 6.07) is 14.2. The van der Waals surface area contributed by atoms with Gasteiger partial charge in [0, 0.05) is 18.7 Å². The number of hydrogen-bond acceptors (Lipinski definition) is 3. The topological polar surface area (TPSA) is 29.5 Å². The molecule has 0 N–H and O–H groups in total. The molecular formula is C19H18FNO2. The highest BCUT2D eigenvalue weighted by molar-refractivity contribution is 6.07. The summed E-state index contributed by atoms with van der Waals surface area (Å²) in [5.74, 6) is -0.577. The number of morpholine rings is 1. The van der Waals surface area contributed by atoms with Gasteiger partial charge in [-0.3, -0.25) is 4.79 Å². The third-order valence-electron chi connectivity index (χ3n) is 3.81. The summed E-state index contributed by atoms with van der Waals surface area (Å²) in [7, 11) is 0. The summed E-state index contributed by atoms with van der Waals surface area (Å²) in [5, 5.41) is 0. The molecule has 1 heterocycles. The average Bonchev–Trinajstić information content (AvgIpc) is 2.61. The van der Waals surface area contributed by atoms with E-state index in [-0.39, 0.29) is 11.6 Å². The molecule has 1 fully saturated rings. The zero-order valence-electron chi connectivity index (χ0n) is 12.7. The molecule has 3 nitrogen and oxygen atoms in total. The molecule has 2 aromatic rings. The van der Waals surface area contributed by atoms with Crippen LogP contribution < -0.4 is 4.90 Å². The molecule has 0 amide bonds. The molecule has 3 rings (SSSR count). The number of carbonyl (C=O) groups excluding carboxylic acids is 1. The minimum absolute atomic E-state index is 0.207. The standard InChI is InChI=1S/C19H18FNO2/c20-17-14-16(7-8-18(17)21-10-12-23-13-11-21)19(22)9-6-15-4-2-1-3-5-15/h1-9,14H,10-13H2/b9-6+. The van der Waals surface area contributed by atoms with Gasteiger partial charge in [-0.1, -0.05) is 36.4 Å². The Balaban J connectivity index is 1.74. The first kappa shape index (κ1) is 15.4. The third kappa shape index (κ3) is 3.85. The van der Waals surface area contributed by atoms with E-state index < -0.39 is 0 Å². The zero-order valence-corrected chi connectivity index (χ0v) is 12.7. The first-order chi connectivity index (χ1) is 11.2. The fourth-order valence-electron chi connectivity index (χ4n) is 2.55. The number of ketones is 1. The lowest BCUT2D eigenvalue weighted by atomic mass is 10.1. The van der Waals surface area contributed by atoms with E-state index in [0.29, 0.717) is 37.6 Å². The Morgan fingerprint density at radius 2 is 1.83 bits per heavy atom. The number of nitrogens with zero attached hydrogens (tertiary/aromatic N) is 1. The van der Waals surface area contributed by atoms with Gasteiger partial charge in [0.05, 0.1) is 18.9 Å². The Kier molecular flexibility index (Phi) is 4.83. The molecule has 1 saturated heterocycles. The van der Waals surface area contributed by atoms with Crippen molar-refractivity contribution in [2.24, 2.45) is 0 Å². The van der Waals surface area contributed by atoms with Crippen LogP contribution in [0.5, 0.6) is 0 Å². The SMILES string of the molecule is O=C(/C=C/c1ccccc1)c1ccc(N2CCOCC2)c(F)c1. The highest BCUT2D eigenvalue weighted by atomic mass is 19.1. The van der Waals surface area contributed by atoms with Gasteiger partial charge in [0.2, 0.25) is 0 Å². The Morgan fingerprint density at radius 3 is 2.52 bits per heavy atom. The molecule has 0 unspecified atom stereocenters. The fraction of sp³-hybridized carbons (Fsp3) is 0.211. The van der Waals surface area contributed by atoms with Gasteiger partial charge in [0.25, 0.3) is 0 Å². The van der Waals surface area contributed by atoms with Crippen molar-refractivity contribution in [2.45, 2.75) is 0 Å². The predicted molar refractivity (Wildman–Crippen MR) is 89.2 cm³/mol. The second-order valence-electron chi connectivity index (χ2n) is 5.37. The minimum atomic E-state index is -0.370.